The Morgan fingerprint density at radius 3 is 2.24 bits per heavy atom. The lowest BCUT2D eigenvalue weighted by Gasteiger charge is -2.20. The first-order valence-electron chi connectivity index (χ1n) is 6.18. The molecule has 0 aliphatic rings. The molecule has 116 valence electrons. The molecule has 7 nitrogen and oxygen atoms in total. The van der Waals surface area contributed by atoms with Crippen LogP contribution in [0.25, 0.3) is 0 Å². The third-order valence-corrected chi connectivity index (χ3v) is 3.81. The molecule has 0 saturated heterocycles. The predicted molar refractivity (Wildman–Crippen MR) is 75.5 cm³/mol. The van der Waals surface area contributed by atoms with E-state index in [1.807, 2.05) is 0 Å². The minimum Gasteiger partial charge on any atom is -0.469 e. The highest BCUT2D eigenvalue weighted by Crippen LogP contribution is 2.11. The zero-order valence-corrected chi connectivity index (χ0v) is 12.7. The highest BCUT2D eigenvalue weighted by molar-refractivity contribution is 7.89. The van der Waals surface area contributed by atoms with Gasteiger partial charge in [-0.1, -0.05) is 12.1 Å². The van der Waals surface area contributed by atoms with Crippen LogP contribution in [0.2, 0.25) is 0 Å². The summed E-state index contributed by atoms with van der Waals surface area (Å²) in [5, 5.41) is 5.01. The number of carbonyl (C=O) groups excluding carboxylic acids is 2. The molecule has 0 spiro atoms. The molecule has 0 aliphatic carbocycles. The van der Waals surface area contributed by atoms with Crippen LogP contribution in [0.15, 0.2) is 29.2 Å². The van der Waals surface area contributed by atoms with E-state index >= 15 is 0 Å². The highest BCUT2D eigenvalue weighted by atomic mass is 32.2. The highest BCUT2D eigenvalue weighted by Gasteiger charge is 2.13. The van der Waals surface area contributed by atoms with Gasteiger partial charge in [0.1, 0.15) is 0 Å². The second-order valence-corrected chi connectivity index (χ2v) is 6.02. The number of hydrogen-bond acceptors (Lipinski definition) is 5. The van der Waals surface area contributed by atoms with Crippen molar-refractivity contribution >= 4 is 21.9 Å². The van der Waals surface area contributed by atoms with E-state index < -0.39 is 16.0 Å². The van der Waals surface area contributed by atoms with Gasteiger partial charge in [0.05, 0.1) is 18.4 Å². The molecular weight excluding hydrogens is 296 g/mol. The van der Waals surface area contributed by atoms with Gasteiger partial charge < -0.3 is 9.64 Å². The van der Waals surface area contributed by atoms with Crippen LogP contribution in [-0.2, 0) is 30.9 Å². The second kappa shape index (κ2) is 7.19. The molecule has 0 unspecified atom stereocenters. The quantitative estimate of drug-likeness (QED) is 0.757. The summed E-state index contributed by atoms with van der Waals surface area (Å²) >= 11 is 0. The first-order valence-corrected chi connectivity index (χ1v) is 7.72. The molecule has 0 atom stereocenters. The Morgan fingerprint density at radius 2 is 1.81 bits per heavy atom. The molecule has 1 amide bonds. The molecule has 8 heteroatoms. The van der Waals surface area contributed by atoms with E-state index in [-0.39, 0.29) is 30.3 Å². The van der Waals surface area contributed by atoms with Crippen LogP contribution >= 0.6 is 0 Å². The van der Waals surface area contributed by atoms with Gasteiger partial charge in [-0.05, 0) is 17.7 Å². The van der Waals surface area contributed by atoms with Gasteiger partial charge in [-0.25, -0.2) is 13.6 Å². The van der Waals surface area contributed by atoms with Crippen molar-refractivity contribution in [2.75, 3.05) is 13.7 Å². The first kappa shape index (κ1) is 17.1. The fourth-order valence-electron chi connectivity index (χ4n) is 1.68. The number of ether oxygens (including phenoxy) is 1. The van der Waals surface area contributed by atoms with E-state index in [1.165, 1.54) is 31.1 Å². The summed E-state index contributed by atoms with van der Waals surface area (Å²) in [5.41, 5.74) is 0.738. The number of primary sulfonamides is 1. The van der Waals surface area contributed by atoms with E-state index in [9.17, 15) is 18.0 Å². The van der Waals surface area contributed by atoms with Crippen LogP contribution in [0, 0.1) is 0 Å². The van der Waals surface area contributed by atoms with Gasteiger partial charge >= 0.3 is 5.97 Å². The minimum absolute atomic E-state index is 0.00943. The van der Waals surface area contributed by atoms with E-state index in [4.69, 9.17) is 5.14 Å². The normalized spacial score (nSPS) is 11.0. The van der Waals surface area contributed by atoms with Gasteiger partial charge in [0, 0.05) is 20.0 Å². The monoisotopic (exact) mass is 314 g/mol. The Morgan fingerprint density at radius 1 is 1.24 bits per heavy atom. The number of hydrogen-bond donors (Lipinski definition) is 1. The van der Waals surface area contributed by atoms with Crippen molar-refractivity contribution in [3.8, 4) is 0 Å². The maximum Gasteiger partial charge on any atom is 0.307 e. The zero-order valence-electron chi connectivity index (χ0n) is 11.9. The maximum atomic E-state index is 11.5. The SMILES string of the molecule is COC(=O)CCN(Cc1ccc(S(N)(=O)=O)cc1)C(C)=O. The van der Waals surface area contributed by atoms with Gasteiger partial charge in [-0.2, -0.15) is 0 Å². The molecule has 0 radical (unpaired) electrons. The molecule has 1 aromatic rings. The lowest BCUT2D eigenvalue weighted by Crippen LogP contribution is -2.30. The molecule has 0 fully saturated rings. The lowest BCUT2D eigenvalue weighted by atomic mass is 10.2. The fourth-order valence-corrected chi connectivity index (χ4v) is 2.20. The average Bonchev–Trinajstić information content (AvgIpc) is 2.42. The number of nitrogens with zero attached hydrogens (tertiary/aromatic N) is 1. The Labute approximate surface area is 123 Å². The summed E-state index contributed by atoms with van der Waals surface area (Å²) in [5.74, 6) is -0.583. The van der Waals surface area contributed by atoms with Crippen LogP contribution in [0.4, 0.5) is 0 Å². The Kier molecular flexibility index (Phi) is 5.86. The predicted octanol–water partition coefficient (Wildman–Crippen LogP) is 0.246. The smallest absolute Gasteiger partial charge is 0.307 e. The summed E-state index contributed by atoms with van der Waals surface area (Å²) in [6, 6.07) is 5.91. The molecule has 2 N–H and O–H groups in total. The molecule has 1 rings (SSSR count). The Balaban J connectivity index is 2.76. The molecule has 0 bridgehead atoms. The molecule has 0 aromatic heterocycles. The Bertz CT molecular complexity index is 610. The topological polar surface area (TPSA) is 107 Å². The van der Waals surface area contributed by atoms with Crippen molar-refractivity contribution < 1.29 is 22.7 Å². The number of sulfonamides is 1. The van der Waals surface area contributed by atoms with Gasteiger partial charge in [0.15, 0.2) is 0 Å². The lowest BCUT2D eigenvalue weighted by molar-refractivity contribution is -0.141. The summed E-state index contributed by atoms with van der Waals surface area (Å²) in [6.45, 7) is 1.91. The van der Waals surface area contributed by atoms with Gasteiger partial charge in [-0.15, -0.1) is 0 Å². The Hall–Kier alpha value is -1.93. The summed E-state index contributed by atoms with van der Waals surface area (Å²) in [4.78, 5) is 24.1. The number of nitrogens with two attached hydrogens (primary N) is 1. The van der Waals surface area contributed by atoms with Crippen molar-refractivity contribution in [2.24, 2.45) is 5.14 Å². The van der Waals surface area contributed by atoms with Gasteiger partial charge in [0.25, 0.3) is 0 Å². The third-order valence-electron chi connectivity index (χ3n) is 2.88. The van der Waals surface area contributed by atoms with Crippen molar-refractivity contribution in [2.45, 2.75) is 24.8 Å². The van der Waals surface area contributed by atoms with Crippen molar-refractivity contribution in [3.63, 3.8) is 0 Å². The number of carbonyl (C=O) groups is 2. The van der Waals surface area contributed by atoms with Gasteiger partial charge in [0.2, 0.25) is 15.9 Å². The maximum absolute atomic E-state index is 11.5. The standard InChI is InChI=1S/C13H18N2O5S/c1-10(16)15(8-7-13(17)20-2)9-11-3-5-12(6-4-11)21(14,18)19/h3-6H,7-9H2,1-2H3,(H2,14,18,19). The first-order chi connectivity index (χ1) is 9.74. The van der Waals surface area contributed by atoms with E-state index in [2.05, 4.69) is 4.74 Å². The molecular formula is C13H18N2O5S. The largest absolute Gasteiger partial charge is 0.469 e. The molecule has 0 saturated carbocycles. The molecule has 0 aliphatic heterocycles. The van der Waals surface area contributed by atoms with E-state index in [0.29, 0.717) is 0 Å². The number of benzene rings is 1. The zero-order chi connectivity index (χ0) is 16.0. The number of methoxy groups -OCH3 is 1. The van der Waals surface area contributed by atoms with Crippen LogP contribution < -0.4 is 5.14 Å². The van der Waals surface area contributed by atoms with E-state index in [0.717, 1.165) is 5.56 Å². The summed E-state index contributed by atoms with van der Waals surface area (Å²) in [7, 11) is -2.45. The number of amides is 1. The number of esters is 1. The molecule has 1 aromatic carbocycles. The fraction of sp³-hybridized carbons (Fsp3) is 0.385. The van der Waals surface area contributed by atoms with Crippen molar-refractivity contribution in [1.82, 2.24) is 4.90 Å². The van der Waals surface area contributed by atoms with Gasteiger partial charge in [-0.3, -0.25) is 9.59 Å². The minimum atomic E-state index is -3.73. The van der Waals surface area contributed by atoms with Crippen molar-refractivity contribution in [3.05, 3.63) is 29.8 Å². The van der Waals surface area contributed by atoms with E-state index in [1.54, 1.807) is 12.1 Å². The summed E-state index contributed by atoms with van der Waals surface area (Å²) in [6.07, 6.45) is 0.103. The van der Waals surface area contributed by atoms with Crippen LogP contribution in [0.3, 0.4) is 0 Å². The third kappa shape index (κ3) is 5.52. The summed E-state index contributed by atoms with van der Waals surface area (Å²) < 4.78 is 26.8. The van der Waals surface area contributed by atoms with Crippen LogP contribution in [0.5, 0.6) is 0 Å². The van der Waals surface area contributed by atoms with Crippen LogP contribution in [-0.4, -0.2) is 38.8 Å². The number of rotatable bonds is 6. The molecule has 21 heavy (non-hydrogen) atoms. The average molecular weight is 314 g/mol. The molecule has 0 heterocycles. The second-order valence-electron chi connectivity index (χ2n) is 4.46. The van der Waals surface area contributed by atoms with Crippen molar-refractivity contribution in [1.29, 1.82) is 0 Å². The van der Waals surface area contributed by atoms with Crippen LogP contribution in [0.1, 0.15) is 18.9 Å².